The van der Waals surface area contributed by atoms with Crippen LogP contribution >= 0.6 is 11.8 Å². The van der Waals surface area contributed by atoms with Crippen molar-refractivity contribution in [1.82, 2.24) is 9.97 Å². The van der Waals surface area contributed by atoms with Crippen molar-refractivity contribution < 1.29 is 14.3 Å². The molecule has 0 spiro atoms. The van der Waals surface area contributed by atoms with Gasteiger partial charge in [-0.2, -0.15) is 0 Å². The first-order chi connectivity index (χ1) is 14.8. The van der Waals surface area contributed by atoms with Crippen molar-refractivity contribution in [2.45, 2.75) is 5.16 Å². The van der Waals surface area contributed by atoms with Crippen LogP contribution in [-0.4, -0.2) is 28.3 Å². The number of ketones is 1. The standard InChI is InChI=1S/C23H17N3O3S/c27-19(15-6-2-1-3-7-15)13-30-23-25-18-9-5-4-8-17(18)22(26-23)24-16-10-11-20-21(12-16)29-14-28-20/h1-12H,13-14H2,(H,24,25,26). The van der Waals surface area contributed by atoms with E-state index in [1.165, 1.54) is 11.8 Å². The van der Waals surface area contributed by atoms with Crippen LogP contribution in [0, 0.1) is 0 Å². The van der Waals surface area contributed by atoms with Crippen LogP contribution in [0.1, 0.15) is 10.4 Å². The van der Waals surface area contributed by atoms with Crippen LogP contribution in [0.3, 0.4) is 0 Å². The van der Waals surface area contributed by atoms with E-state index in [0.717, 1.165) is 22.3 Å². The number of fused-ring (bicyclic) bond motifs is 2. The van der Waals surface area contributed by atoms with Gasteiger partial charge in [0, 0.05) is 22.7 Å². The Hall–Kier alpha value is -3.58. The SMILES string of the molecule is O=C(CSc1nc(Nc2ccc3c(c2)OCO3)c2ccccc2n1)c1ccccc1. The lowest BCUT2D eigenvalue weighted by molar-refractivity contribution is 0.102. The zero-order valence-electron chi connectivity index (χ0n) is 15.9. The Labute approximate surface area is 177 Å². The molecule has 0 saturated heterocycles. The Balaban J connectivity index is 1.42. The van der Waals surface area contributed by atoms with Gasteiger partial charge in [0.05, 0.1) is 11.3 Å². The zero-order valence-corrected chi connectivity index (χ0v) is 16.7. The van der Waals surface area contributed by atoms with Crippen LogP contribution in [0.25, 0.3) is 10.9 Å². The van der Waals surface area contributed by atoms with Gasteiger partial charge in [0.15, 0.2) is 22.4 Å². The summed E-state index contributed by atoms with van der Waals surface area (Å²) >= 11 is 1.33. The second-order valence-electron chi connectivity index (χ2n) is 6.64. The third kappa shape index (κ3) is 3.79. The van der Waals surface area contributed by atoms with E-state index in [-0.39, 0.29) is 18.3 Å². The van der Waals surface area contributed by atoms with Crippen LogP contribution in [-0.2, 0) is 0 Å². The number of para-hydroxylation sites is 1. The summed E-state index contributed by atoms with van der Waals surface area (Å²) in [6, 6.07) is 22.7. The molecule has 4 aromatic rings. The van der Waals surface area contributed by atoms with Gasteiger partial charge in [-0.15, -0.1) is 0 Å². The van der Waals surface area contributed by atoms with E-state index in [1.807, 2.05) is 72.8 Å². The smallest absolute Gasteiger partial charge is 0.231 e. The highest BCUT2D eigenvalue weighted by Crippen LogP contribution is 2.36. The lowest BCUT2D eigenvalue weighted by Gasteiger charge is -2.11. The molecule has 0 atom stereocenters. The topological polar surface area (TPSA) is 73.3 Å². The van der Waals surface area contributed by atoms with Gasteiger partial charge in [-0.3, -0.25) is 4.79 Å². The van der Waals surface area contributed by atoms with Gasteiger partial charge in [0.1, 0.15) is 5.82 Å². The van der Waals surface area contributed by atoms with Crippen molar-refractivity contribution >= 4 is 40.0 Å². The van der Waals surface area contributed by atoms with Crippen molar-refractivity contribution in [2.24, 2.45) is 0 Å². The number of ether oxygens (including phenoxy) is 2. The number of rotatable bonds is 6. The Morgan fingerprint density at radius 1 is 0.933 bits per heavy atom. The molecule has 148 valence electrons. The summed E-state index contributed by atoms with van der Waals surface area (Å²) in [6.07, 6.45) is 0. The quantitative estimate of drug-likeness (QED) is 0.267. The van der Waals surface area contributed by atoms with E-state index in [4.69, 9.17) is 9.47 Å². The molecule has 1 aliphatic rings. The second-order valence-corrected chi connectivity index (χ2v) is 7.59. The fourth-order valence-corrected chi connectivity index (χ4v) is 3.91. The van der Waals surface area contributed by atoms with Crippen LogP contribution < -0.4 is 14.8 Å². The largest absolute Gasteiger partial charge is 0.454 e. The van der Waals surface area contributed by atoms with Gasteiger partial charge in [-0.05, 0) is 24.3 Å². The van der Waals surface area contributed by atoms with Crippen LogP contribution in [0.2, 0.25) is 0 Å². The summed E-state index contributed by atoms with van der Waals surface area (Å²) in [6.45, 7) is 0.228. The number of nitrogens with one attached hydrogen (secondary N) is 1. The number of thioether (sulfide) groups is 1. The molecule has 6 nitrogen and oxygen atoms in total. The van der Waals surface area contributed by atoms with Crippen molar-refractivity contribution in [1.29, 1.82) is 0 Å². The predicted molar refractivity (Wildman–Crippen MR) is 117 cm³/mol. The molecule has 0 amide bonds. The summed E-state index contributed by atoms with van der Waals surface area (Å²) in [4.78, 5) is 21.7. The molecule has 3 aromatic carbocycles. The third-order valence-corrected chi connectivity index (χ3v) is 5.49. The normalized spacial score (nSPS) is 12.1. The minimum absolute atomic E-state index is 0.0441. The molecule has 1 aliphatic heterocycles. The summed E-state index contributed by atoms with van der Waals surface area (Å²) in [5.41, 5.74) is 2.33. The highest BCUT2D eigenvalue weighted by atomic mass is 32.2. The molecule has 1 aromatic heterocycles. The predicted octanol–water partition coefficient (Wildman–Crippen LogP) is 5.08. The number of carbonyl (C=O) groups is 1. The molecule has 2 heterocycles. The molecular formula is C23H17N3O3S. The van der Waals surface area contributed by atoms with E-state index in [2.05, 4.69) is 15.3 Å². The fraction of sp³-hybridized carbons (Fsp3) is 0.0870. The van der Waals surface area contributed by atoms with Gasteiger partial charge < -0.3 is 14.8 Å². The van der Waals surface area contributed by atoms with Crippen LogP contribution in [0.15, 0.2) is 78.0 Å². The fourth-order valence-electron chi connectivity index (χ4n) is 3.16. The molecular weight excluding hydrogens is 398 g/mol. The lowest BCUT2D eigenvalue weighted by Crippen LogP contribution is -2.04. The van der Waals surface area contributed by atoms with E-state index in [0.29, 0.717) is 22.3 Å². The Morgan fingerprint density at radius 3 is 2.63 bits per heavy atom. The minimum Gasteiger partial charge on any atom is -0.454 e. The Morgan fingerprint density at radius 2 is 1.73 bits per heavy atom. The van der Waals surface area contributed by atoms with Crippen molar-refractivity contribution in [3.8, 4) is 11.5 Å². The monoisotopic (exact) mass is 415 g/mol. The average molecular weight is 415 g/mol. The van der Waals surface area contributed by atoms with Crippen molar-refractivity contribution in [3.05, 3.63) is 78.4 Å². The molecule has 0 aliphatic carbocycles. The molecule has 0 radical (unpaired) electrons. The summed E-state index contributed by atoms with van der Waals surface area (Å²) in [7, 11) is 0. The lowest BCUT2D eigenvalue weighted by atomic mass is 10.2. The average Bonchev–Trinajstić information content (AvgIpc) is 3.26. The van der Waals surface area contributed by atoms with Gasteiger partial charge in [-0.25, -0.2) is 9.97 Å². The van der Waals surface area contributed by atoms with Crippen LogP contribution in [0.4, 0.5) is 11.5 Å². The number of benzene rings is 3. The maximum atomic E-state index is 12.4. The molecule has 7 heteroatoms. The number of hydrogen-bond donors (Lipinski definition) is 1. The highest BCUT2D eigenvalue weighted by Gasteiger charge is 2.15. The van der Waals surface area contributed by atoms with E-state index >= 15 is 0 Å². The van der Waals surface area contributed by atoms with Gasteiger partial charge in [0.25, 0.3) is 0 Å². The van der Waals surface area contributed by atoms with Gasteiger partial charge in [-0.1, -0.05) is 54.2 Å². The van der Waals surface area contributed by atoms with E-state index < -0.39 is 0 Å². The first kappa shape index (κ1) is 18.4. The maximum absolute atomic E-state index is 12.4. The Bertz CT molecular complexity index is 1230. The minimum atomic E-state index is 0.0441. The first-order valence-corrected chi connectivity index (χ1v) is 10.4. The van der Waals surface area contributed by atoms with E-state index in [1.54, 1.807) is 0 Å². The van der Waals surface area contributed by atoms with Gasteiger partial charge in [0.2, 0.25) is 6.79 Å². The Kier molecular flexibility index (Phi) is 4.94. The summed E-state index contributed by atoms with van der Waals surface area (Å²) in [5.74, 6) is 2.41. The second kappa shape index (κ2) is 8.04. The van der Waals surface area contributed by atoms with Gasteiger partial charge >= 0.3 is 0 Å². The highest BCUT2D eigenvalue weighted by molar-refractivity contribution is 7.99. The first-order valence-electron chi connectivity index (χ1n) is 9.41. The number of aromatic nitrogens is 2. The number of carbonyl (C=O) groups excluding carboxylic acids is 1. The molecule has 0 fully saturated rings. The summed E-state index contributed by atoms with van der Waals surface area (Å²) in [5, 5.41) is 4.79. The maximum Gasteiger partial charge on any atom is 0.231 e. The number of anilines is 2. The summed E-state index contributed by atoms with van der Waals surface area (Å²) < 4.78 is 10.8. The molecule has 30 heavy (non-hydrogen) atoms. The van der Waals surface area contributed by atoms with E-state index in [9.17, 15) is 4.79 Å². The zero-order chi connectivity index (χ0) is 20.3. The number of Topliss-reactive ketones (excluding diaryl/α,β-unsaturated/α-hetero) is 1. The molecule has 5 rings (SSSR count). The van der Waals surface area contributed by atoms with Crippen molar-refractivity contribution in [3.63, 3.8) is 0 Å². The van der Waals surface area contributed by atoms with Crippen LogP contribution in [0.5, 0.6) is 11.5 Å². The number of hydrogen-bond acceptors (Lipinski definition) is 7. The molecule has 0 unspecified atom stereocenters. The molecule has 0 bridgehead atoms. The van der Waals surface area contributed by atoms with Crippen molar-refractivity contribution in [2.75, 3.05) is 17.9 Å². The number of nitrogens with zero attached hydrogens (tertiary/aromatic N) is 2. The third-order valence-electron chi connectivity index (χ3n) is 4.65. The molecule has 1 N–H and O–H groups in total. The molecule has 0 saturated carbocycles.